The van der Waals surface area contributed by atoms with Crippen molar-refractivity contribution in [3.63, 3.8) is 0 Å². The number of benzene rings is 2. The van der Waals surface area contributed by atoms with Crippen LogP contribution < -0.4 is 10.1 Å². The number of hydrogen-bond acceptors (Lipinski definition) is 5. The maximum atomic E-state index is 12.3. The van der Waals surface area contributed by atoms with E-state index in [-0.39, 0.29) is 18.3 Å². The highest BCUT2D eigenvalue weighted by Crippen LogP contribution is 2.19. The summed E-state index contributed by atoms with van der Waals surface area (Å²) in [6.07, 6.45) is 0.678. The van der Waals surface area contributed by atoms with Crippen LogP contribution in [0.2, 0.25) is 0 Å². The molecule has 0 saturated heterocycles. The van der Waals surface area contributed by atoms with Gasteiger partial charge in [0, 0.05) is 6.54 Å². The van der Waals surface area contributed by atoms with E-state index in [0.717, 1.165) is 16.9 Å². The number of rotatable bonds is 8. The second-order valence-electron chi connectivity index (χ2n) is 7.16. The first-order valence-corrected chi connectivity index (χ1v) is 9.54. The molecule has 0 bridgehead atoms. The molecule has 0 radical (unpaired) electrons. The van der Waals surface area contributed by atoms with Crippen molar-refractivity contribution < 1.29 is 14.6 Å². The van der Waals surface area contributed by atoms with Crippen LogP contribution in [-0.2, 0) is 13.1 Å². The van der Waals surface area contributed by atoms with Gasteiger partial charge in [0.1, 0.15) is 12.1 Å². The van der Waals surface area contributed by atoms with E-state index in [2.05, 4.69) is 41.4 Å². The van der Waals surface area contributed by atoms with Crippen LogP contribution in [0.1, 0.15) is 53.2 Å². The number of aliphatic hydroxyl groups is 1. The average Bonchev–Trinajstić information content (AvgIpc) is 3.21. The highest BCUT2D eigenvalue weighted by Gasteiger charge is 2.14. The molecule has 3 rings (SSSR count). The summed E-state index contributed by atoms with van der Waals surface area (Å²) in [6.45, 7) is 4.89. The first-order chi connectivity index (χ1) is 14.0. The molecule has 7 heteroatoms. The van der Waals surface area contributed by atoms with Crippen molar-refractivity contribution in [2.24, 2.45) is 0 Å². The Morgan fingerprint density at radius 3 is 2.38 bits per heavy atom. The van der Waals surface area contributed by atoms with Crippen LogP contribution in [0, 0.1) is 0 Å². The molecular weight excluding hydrogens is 368 g/mol. The summed E-state index contributed by atoms with van der Waals surface area (Å²) in [4.78, 5) is 16.4. The third kappa shape index (κ3) is 5.42. The van der Waals surface area contributed by atoms with E-state index >= 15 is 0 Å². The maximum Gasteiger partial charge on any atom is 0.291 e. The van der Waals surface area contributed by atoms with E-state index in [0.29, 0.717) is 12.5 Å². The highest BCUT2D eigenvalue weighted by molar-refractivity contribution is 5.90. The number of aliphatic hydroxyl groups excluding tert-OH is 1. The van der Waals surface area contributed by atoms with Crippen molar-refractivity contribution in [3.8, 4) is 5.75 Å². The summed E-state index contributed by atoms with van der Waals surface area (Å²) in [6, 6.07) is 15.3. The zero-order chi connectivity index (χ0) is 20.8. The van der Waals surface area contributed by atoms with Gasteiger partial charge in [0.2, 0.25) is 5.82 Å². The molecule has 29 heavy (non-hydrogen) atoms. The Morgan fingerprint density at radius 2 is 1.76 bits per heavy atom. The van der Waals surface area contributed by atoms with Crippen molar-refractivity contribution >= 4 is 5.91 Å². The highest BCUT2D eigenvalue weighted by atomic mass is 16.5. The normalized spacial score (nSPS) is 12.0. The van der Waals surface area contributed by atoms with Crippen molar-refractivity contribution in [1.29, 1.82) is 0 Å². The van der Waals surface area contributed by atoms with E-state index in [1.165, 1.54) is 16.6 Å². The number of ether oxygens (including phenoxy) is 1. The Bertz CT molecular complexity index is 933. The lowest BCUT2D eigenvalue weighted by atomic mass is 10.0. The van der Waals surface area contributed by atoms with E-state index in [9.17, 15) is 9.90 Å². The third-order valence-electron chi connectivity index (χ3n) is 4.70. The molecule has 0 aliphatic heterocycles. The standard InChI is InChI=1S/C22H26N4O3/c1-15(2)17-6-4-16(5-7-17)12-23-22(28)21-24-14-26(25-21)13-20(27)18-8-10-19(29-3)11-9-18/h4-11,14-15,20,27H,12-13H2,1-3H3,(H,23,28). The number of aromatic nitrogens is 3. The molecule has 1 aromatic heterocycles. The molecule has 152 valence electrons. The van der Waals surface area contributed by atoms with Gasteiger partial charge in [0.25, 0.3) is 5.91 Å². The monoisotopic (exact) mass is 394 g/mol. The Kier molecular flexibility index (Phi) is 6.61. The Labute approximate surface area is 170 Å². The van der Waals surface area contributed by atoms with Crippen LogP contribution in [0.3, 0.4) is 0 Å². The van der Waals surface area contributed by atoms with E-state index in [1.54, 1.807) is 31.4 Å². The summed E-state index contributed by atoms with van der Waals surface area (Å²) in [5.74, 6) is 0.918. The van der Waals surface area contributed by atoms with Crippen molar-refractivity contribution in [3.05, 3.63) is 77.4 Å². The zero-order valence-corrected chi connectivity index (χ0v) is 16.9. The zero-order valence-electron chi connectivity index (χ0n) is 16.9. The second-order valence-corrected chi connectivity index (χ2v) is 7.16. The van der Waals surface area contributed by atoms with Crippen LogP contribution in [0.25, 0.3) is 0 Å². The fourth-order valence-electron chi connectivity index (χ4n) is 2.88. The van der Waals surface area contributed by atoms with Gasteiger partial charge >= 0.3 is 0 Å². The number of amides is 1. The fourth-order valence-corrected chi connectivity index (χ4v) is 2.88. The van der Waals surface area contributed by atoms with Crippen LogP contribution >= 0.6 is 0 Å². The van der Waals surface area contributed by atoms with E-state index < -0.39 is 6.10 Å². The van der Waals surface area contributed by atoms with Gasteiger partial charge in [-0.3, -0.25) is 4.79 Å². The topological polar surface area (TPSA) is 89.3 Å². The smallest absolute Gasteiger partial charge is 0.291 e. The maximum absolute atomic E-state index is 12.3. The molecule has 2 N–H and O–H groups in total. The van der Waals surface area contributed by atoms with Crippen LogP contribution in [0.15, 0.2) is 54.9 Å². The predicted molar refractivity (Wildman–Crippen MR) is 110 cm³/mol. The molecule has 2 aromatic carbocycles. The van der Waals surface area contributed by atoms with Gasteiger partial charge < -0.3 is 15.2 Å². The lowest BCUT2D eigenvalue weighted by Crippen LogP contribution is -2.24. The average molecular weight is 394 g/mol. The van der Waals surface area contributed by atoms with Crippen LogP contribution in [0.4, 0.5) is 0 Å². The number of carbonyl (C=O) groups is 1. The lowest BCUT2D eigenvalue weighted by Gasteiger charge is -2.11. The molecule has 1 amide bonds. The quantitative estimate of drug-likeness (QED) is 0.613. The van der Waals surface area contributed by atoms with Gasteiger partial charge in [-0.15, -0.1) is 5.10 Å². The minimum absolute atomic E-state index is 0.0748. The SMILES string of the molecule is COc1ccc(C(O)Cn2cnc(C(=O)NCc3ccc(C(C)C)cc3)n2)cc1. The van der Waals surface area contributed by atoms with Crippen molar-refractivity contribution in [2.45, 2.75) is 39.0 Å². The molecule has 0 aliphatic rings. The molecule has 3 aromatic rings. The fraction of sp³-hybridized carbons (Fsp3) is 0.318. The number of methoxy groups -OCH3 is 1. The van der Waals surface area contributed by atoms with Gasteiger partial charge in [-0.25, -0.2) is 9.67 Å². The lowest BCUT2D eigenvalue weighted by molar-refractivity contribution is 0.0938. The van der Waals surface area contributed by atoms with E-state index in [1.807, 2.05) is 12.1 Å². The summed E-state index contributed by atoms with van der Waals surface area (Å²) in [7, 11) is 1.59. The summed E-state index contributed by atoms with van der Waals surface area (Å²) in [5, 5.41) is 17.4. The molecule has 0 fully saturated rings. The first kappa shape index (κ1) is 20.5. The molecule has 7 nitrogen and oxygen atoms in total. The molecular formula is C22H26N4O3. The number of hydrogen-bond donors (Lipinski definition) is 2. The Hall–Kier alpha value is -3.19. The minimum atomic E-state index is -0.766. The Balaban J connectivity index is 1.54. The van der Waals surface area contributed by atoms with Gasteiger partial charge in [-0.05, 0) is 34.7 Å². The van der Waals surface area contributed by atoms with Crippen molar-refractivity contribution in [2.75, 3.05) is 7.11 Å². The number of nitrogens with one attached hydrogen (secondary N) is 1. The van der Waals surface area contributed by atoms with Gasteiger partial charge in [-0.2, -0.15) is 0 Å². The predicted octanol–water partition coefficient (Wildman–Crippen LogP) is 3.07. The minimum Gasteiger partial charge on any atom is -0.497 e. The molecule has 1 unspecified atom stereocenters. The van der Waals surface area contributed by atoms with E-state index in [4.69, 9.17) is 4.74 Å². The van der Waals surface area contributed by atoms with Gasteiger partial charge in [0.05, 0.1) is 19.8 Å². The molecule has 0 saturated carbocycles. The molecule has 1 heterocycles. The number of nitrogens with zero attached hydrogens (tertiary/aromatic N) is 3. The molecule has 0 spiro atoms. The van der Waals surface area contributed by atoms with Gasteiger partial charge in [0.15, 0.2) is 0 Å². The van der Waals surface area contributed by atoms with Crippen LogP contribution in [0.5, 0.6) is 5.75 Å². The number of carbonyl (C=O) groups excluding carboxylic acids is 1. The molecule has 0 aliphatic carbocycles. The van der Waals surface area contributed by atoms with Crippen molar-refractivity contribution in [1.82, 2.24) is 20.1 Å². The third-order valence-corrected chi connectivity index (χ3v) is 4.70. The summed E-state index contributed by atoms with van der Waals surface area (Å²) in [5.41, 5.74) is 3.00. The van der Waals surface area contributed by atoms with Crippen LogP contribution in [-0.4, -0.2) is 32.9 Å². The summed E-state index contributed by atoms with van der Waals surface area (Å²) < 4.78 is 6.57. The largest absolute Gasteiger partial charge is 0.497 e. The molecule has 1 atom stereocenters. The summed E-state index contributed by atoms with van der Waals surface area (Å²) >= 11 is 0. The van der Waals surface area contributed by atoms with Gasteiger partial charge in [-0.1, -0.05) is 50.2 Å². The first-order valence-electron chi connectivity index (χ1n) is 9.54. The Morgan fingerprint density at radius 1 is 1.10 bits per heavy atom. The second kappa shape index (κ2) is 9.34.